The summed E-state index contributed by atoms with van der Waals surface area (Å²) in [5, 5.41) is 7.58. The largest absolute Gasteiger partial charge is 0.342 e. The molecule has 0 aromatic carbocycles. The number of aldehydes is 1. The molecule has 1 atom stereocenters. The first-order valence-electron chi connectivity index (χ1n) is 5.86. The predicted molar refractivity (Wildman–Crippen MR) is 60.4 cm³/mol. The zero-order valence-corrected chi connectivity index (χ0v) is 9.87. The van der Waals surface area contributed by atoms with E-state index in [0.717, 1.165) is 19.5 Å². The molecule has 1 aromatic heterocycles. The fourth-order valence-corrected chi connectivity index (χ4v) is 2.15. The number of hydrogen-bond acceptors (Lipinski definition) is 4. The summed E-state index contributed by atoms with van der Waals surface area (Å²) < 4.78 is 1.67. The molecule has 0 radical (unpaired) electrons. The Morgan fingerprint density at radius 1 is 1.65 bits per heavy atom. The summed E-state index contributed by atoms with van der Waals surface area (Å²) in [6.07, 6.45) is 3.87. The summed E-state index contributed by atoms with van der Waals surface area (Å²) in [5.74, 6) is 0.617. The van der Waals surface area contributed by atoms with E-state index in [2.05, 4.69) is 10.3 Å². The topological polar surface area (TPSA) is 68.1 Å². The minimum Gasteiger partial charge on any atom is -0.342 e. The van der Waals surface area contributed by atoms with Crippen molar-refractivity contribution in [2.24, 2.45) is 5.92 Å². The van der Waals surface area contributed by atoms with Crippen molar-refractivity contribution in [1.82, 2.24) is 19.9 Å². The molecule has 17 heavy (non-hydrogen) atoms. The number of carbonyl (C=O) groups is 2. The highest BCUT2D eigenvalue weighted by molar-refractivity contribution is 5.76. The fourth-order valence-electron chi connectivity index (χ4n) is 2.15. The van der Waals surface area contributed by atoms with Gasteiger partial charge in [-0.1, -0.05) is 12.1 Å². The van der Waals surface area contributed by atoms with Crippen LogP contribution in [0.1, 0.15) is 30.3 Å². The van der Waals surface area contributed by atoms with E-state index < -0.39 is 0 Å². The third-order valence-electron chi connectivity index (χ3n) is 3.06. The summed E-state index contributed by atoms with van der Waals surface area (Å²) in [6, 6.07) is 0. The second kappa shape index (κ2) is 5.07. The molecule has 1 aliphatic heterocycles. The van der Waals surface area contributed by atoms with Crippen molar-refractivity contribution in [2.45, 2.75) is 26.3 Å². The van der Waals surface area contributed by atoms with Crippen molar-refractivity contribution in [3.63, 3.8) is 0 Å². The number of amides is 1. The summed E-state index contributed by atoms with van der Waals surface area (Å²) >= 11 is 0. The maximum Gasteiger partial charge on any atom is 0.222 e. The Labute approximate surface area is 99.6 Å². The molecule has 0 aliphatic carbocycles. The number of carbonyl (C=O) groups excluding carboxylic acids is 2. The van der Waals surface area contributed by atoms with Crippen LogP contribution in [-0.2, 0) is 11.3 Å². The van der Waals surface area contributed by atoms with Crippen LogP contribution >= 0.6 is 0 Å². The second-order valence-corrected chi connectivity index (χ2v) is 4.33. The molecule has 0 unspecified atom stereocenters. The lowest BCUT2D eigenvalue weighted by molar-refractivity contribution is -0.129. The highest BCUT2D eigenvalue weighted by Gasteiger charge is 2.25. The average Bonchev–Trinajstić information content (AvgIpc) is 2.97. The number of rotatable bonds is 4. The molecule has 0 saturated carbocycles. The van der Waals surface area contributed by atoms with Gasteiger partial charge in [0.25, 0.3) is 0 Å². The van der Waals surface area contributed by atoms with E-state index >= 15 is 0 Å². The van der Waals surface area contributed by atoms with Crippen LogP contribution in [0.15, 0.2) is 6.20 Å². The summed E-state index contributed by atoms with van der Waals surface area (Å²) in [4.78, 5) is 23.9. The third-order valence-corrected chi connectivity index (χ3v) is 3.06. The van der Waals surface area contributed by atoms with Crippen molar-refractivity contribution < 1.29 is 9.59 Å². The van der Waals surface area contributed by atoms with E-state index in [0.29, 0.717) is 30.9 Å². The maximum atomic E-state index is 11.5. The van der Waals surface area contributed by atoms with Gasteiger partial charge in [-0.2, -0.15) is 0 Å². The van der Waals surface area contributed by atoms with Gasteiger partial charge >= 0.3 is 0 Å². The molecule has 6 nitrogen and oxygen atoms in total. The van der Waals surface area contributed by atoms with Crippen molar-refractivity contribution in [2.75, 3.05) is 13.1 Å². The SMILES string of the molecule is CCC(=O)N1CC[C@@H](Cn2cc(C=O)nn2)C1. The van der Waals surface area contributed by atoms with Crippen molar-refractivity contribution in [1.29, 1.82) is 0 Å². The molecule has 1 amide bonds. The molecule has 1 saturated heterocycles. The molecule has 1 fully saturated rings. The molecule has 0 spiro atoms. The first-order valence-corrected chi connectivity index (χ1v) is 5.86. The molecular weight excluding hydrogens is 220 g/mol. The summed E-state index contributed by atoms with van der Waals surface area (Å²) in [5.41, 5.74) is 0.351. The van der Waals surface area contributed by atoms with Crippen molar-refractivity contribution in [3.05, 3.63) is 11.9 Å². The standard InChI is InChI=1S/C11H16N4O2/c1-2-11(17)14-4-3-9(5-14)6-15-7-10(8-16)12-13-15/h7-9H,2-6H2,1H3/t9-/m1/s1. The van der Waals surface area contributed by atoms with Gasteiger partial charge in [0.05, 0.1) is 6.20 Å². The zero-order chi connectivity index (χ0) is 12.3. The highest BCUT2D eigenvalue weighted by atomic mass is 16.2. The summed E-state index contributed by atoms with van der Waals surface area (Å²) in [7, 11) is 0. The van der Waals surface area contributed by atoms with E-state index in [1.54, 1.807) is 10.9 Å². The normalized spacial score (nSPS) is 19.6. The van der Waals surface area contributed by atoms with Crippen molar-refractivity contribution >= 4 is 12.2 Å². The van der Waals surface area contributed by atoms with E-state index in [1.165, 1.54) is 0 Å². The predicted octanol–water partition coefficient (Wildman–Crippen LogP) is 0.349. The van der Waals surface area contributed by atoms with Gasteiger partial charge in [0.2, 0.25) is 5.91 Å². The average molecular weight is 236 g/mol. The second-order valence-electron chi connectivity index (χ2n) is 4.33. The van der Waals surface area contributed by atoms with Gasteiger partial charge in [0.1, 0.15) is 5.69 Å². The Bertz CT molecular complexity index is 415. The van der Waals surface area contributed by atoms with Crippen LogP contribution in [0.4, 0.5) is 0 Å². The van der Waals surface area contributed by atoms with E-state index in [-0.39, 0.29) is 5.91 Å². The van der Waals surface area contributed by atoms with Crippen LogP contribution in [0.25, 0.3) is 0 Å². The van der Waals surface area contributed by atoms with Gasteiger partial charge < -0.3 is 4.90 Å². The van der Waals surface area contributed by atoms with Crippen LogP contribution < -0.4 is 0 Å². The maximum absolute atomic E-state index is 11.5. The molecule has 1 aromatic rings. The van der Waals surface area contributed by atoms with Crippen LogP contribution in [0.5, 0.6) is 0 Å². The first-order chi connectivity index (χ1) is 8.22. The monoisotopic (exact) mass is 236 g/mol. The Kier molecular flexibility index (Phi) is 3.51. The van der Waals surface area contributed by atoms with Crippen LogP contribution in [-0.4, -0.2) is 45.2 Å². The molecule has 6 heteroatoms. The van der Waals surface area contributed by atoms with E-state index in [1.807, 2.05) is 11.8 Å². The highest BCUT2D eigenvalue weighted by Crippen LogP contribution is 2.18. The smallest absolute Gasteiger partial charge is 0.222 e. The van der Waals surface area contributed by atoms with Crippen LogP contribution in [0.3, 0.4) is 0 Å². The van der Waals surface area contributed by atoms with Gasteiger partial charge in [-0.3, -0.25) is 14.3 Å². The molecule has 92 valence electrons. The first kappa shape index (κ1) is 11.8. The molecule has 0 N–H and O–H groups in total. The Morgan fingerprint density at radius 2 is 2.47 bits per heavy atom. The lowest BCUT2D eigenvalue weighted by Crippen LogP contribution is -2.28. The van der Waals surface area contributed by atoms with Gasteiger partial charge in [-0.25, -0.2) is 0 Å². The van der Waals surface area contributed by atoms with Gasteiger partial charge in [-0.05, 0) is 12.3 Å². The Hall–Kier alpha value is -1.72. The van der Waals surface area contributed by atoms with Gasteiger partial charge in [-0.15, -0.1) is 5.10 Å². The number of hydrogen-bond donors (Lipinski definition) is 0. The Morgan fingerprint density at radius 3 is 3.12 bits per heavy atom. The fraction of sp³-hybridized carbons (Fsp3) is 0.636. The molecule has 2 heterocycles. The molecule has 2 rings (SSSR count). The van der Waals surface area contributed by atoms with Crippen LogP contribution in [0.2, 0.25) is 0 Å². The number of nitrogens with zero attached hydrogens (tertiary/aromatic N) is 4. The Balaban J connectivity index is 1.89. The third kappa shape index (κ3) is 2.69. The van der Waals surface area contributed by atoms with E-state index in [9.17, 15) is 9.59 Å². The zero-order valence-electron chi connectivity index (χ0n) is 9.87. The minimum absolute atomic E-state index is 0.208. The van der Waals surface area contributed by atoms with Gasteiger partial charge in [0, 0.05) is 26.1 Å². The number of aromatic nitrogens is 3. The molecule has 1 aliphatic rings. The number of likely N-dealkylation sites (tertiary alicyclic amines) is 1. The lowest BCUT2D eigenvalue weighted by atomic mass is 10.1. The van der Waals surface area contributed by atoms with Gasteiger partial charge in [0.15, 0.2) is 6.29 Å². The summed E-state index contributed by atoms with van der Waals surface area (Å²) in [6.45, 7) is 4.20. The van der Waals surface area contributed by atoms with Crippen LogP contribution in [0, 0.1) is 5.92 Å². The quantitative estimate of drug-likeness (QED) is 0.707. The lowest BCUT2D eigenvalue weighted by Gasteiger charge is -2.15. The van der Waals surface area contributed by atoms with E-state index in [4.69, 9.17) is 0 Å². The van der Waals surface area contributed by atoms with Crippen molar-refractivity contribution in [3.8, 4) is 0 Å². The molecule has 0 bridgehead atoms. The molecular formula is C11H16N4O2. The minimum atomic E-state index is 0.208.